The van der Waals surface area contributed by atoms with E-state index in [-0.39, 0.29) is 11.5 Å². The van der Waals surface area contributed by atoms with E-state index in [1.807, 2.05) is 30.3 Å². The van der Waals surface area contributed by atoms with Gasteiger partial charge in [-0.15, -0.1) is 0 Å². The minimum absolute atomic E-state index is 0.0150. The smallest absolute Gasteiger partial charge is 0.269 e. The van der Waals surface area contributed by atoms with Crippen molar-refractivity contribution in [3.8, 4) is 11.1 Å². The molecule has 1 aliphatic rings. The van der Waals surface area contributed by atoms with Gasteiger partial charge in [-0.25, -0.2) is 0 Å². The van der Waals surface area contributed by atoms with E-state index in [9.17, 15) is 14.9 Å². The van der Waals surface area contributed by atoms with Gasteiger partial charge < -0.3 is 9.73 Å². The van der Waals surface area contributed by atoms with E-state index in [0.717, 1.165) is 17.5 Å². The molecule has 6 heteroatoms. The van der Waals surface area contributed by atoms with E-state index in [1.165, 1.54) is 12.1 Å². The fourth-order valence-electron chi connectivity index (χ4n) is 3.41. The third-order valence-electron chi connectivity index (χ3n) is 4.73. The van der Waals surface area contributed by atoms with Crippen LogP contribution in [-0.4, -0.2) is 10.7 Å². The monoisotopic (exact) mass is 362 g/mol. The number of hydrogen-bond acceptors (Lipinski definition) is 5. The highest BCUT2D eigenvalue weighted by atomic mass is 16.6. The van der Waals surface area contributed by atoms with E-state index in [4.69, 9.17) is 4.42 Å². The van der Waals surface area contributed by atoms with Crippen molar-refractivity contribution in [3.05, 3.63) is 81.6 Å². The first kappa shape index (κ1) is 17.0. The lowest BCUT2D eigenvalue weighted by atomic mass is 9.91. The molecule has 0 amide bonds. The Morgan fingerprint density at radius 1 is 1.00 bits per heavy atom. The Morgan fingerprint density at radius 2 is 1.74 bits per heavy atom. The molecule has 27 heavy (non-hydrogen) atoms. The summed E-state index contributed by atoms with van der Waals surface area (Å²) in [6.07, 6.45) is 1.98. The Balaban J connectivity index is 1.74. The summed E-state index contributed by atoms with van der Waals surface area (Å²) in [5.74, 6) is 1.28. The van der Waals surface area contributed by atoms with Crippen molar-refractivity contribution in [1.82, 2.24) is 0 Å². The molecule has 0 radical (unpaired) electrons. The number of nitrogens with zero attached hydrogens (tertiary/aromatic N) is 1. The zero-order chi connectivity index (χ0) is 18.8. The summed E-state index contributed by atoms with van der Waals surface area (Å²) in [5.41, 5.74) is 3.14. The lowest BCUT2D eigenvalue weighted by Gasteiger charge is -2.10. The number of nitro benzene ring substituents is 1. The Kier molecular flexibility index (Phi) is 4.46. The fourth-order valence-corrected chi connectivity index (χ4v) is 3.41. The molecule has 136 valence electrons. The van der Waals surface area contributed by atoms with Gasteiger partial charge in [0.2, 0.25) is 5.88 Å². The standard InChI is InChI=1S/C21H18N2O4/c24-17-7-4-8-18-20(17)19(15-9-11-16(12-10-15)23(25)26)21(27-18)22-13-14-5-2-1-3-6-14/h1-3,5-6,9-12,22H,4,7-8,13H2. The van der Waals surface area contributed by atoms with Gasteiger partial charge in [0.05, 0.1) is 16.1 Å². The van der Waals surface area contributed by atoms with E-state index >= 15 is 0 Å². The molecule has 0 unspecified atom stereocenters. The van der Waals surface area contributed by atoms with Crippen molar-refractivity contribution in [2.24, 2.45) is 0 Å². The molecule has 0 bridgehead atoms. The summed E-state index contributed by atoms with van der Waals surface area (Å²) < 4.78 is 6.00. The van der Waals surface area contributed by atoms with Gasteiger partial charge >= 0.3 is 0 Å². The first-order valence-electron chi connectivity index (χ1n) is 8.85. The van der Waals surface area contributed by atoms with Crippen molar-refractivity contribution >= 4 is 17.4 Å². The predicted octanol–water partition coefficient (Wildman–Crippen LogP) is 4.99. The van der Waals surface area contributed by atoms with Gasteiger partial charge in [0.15, 0.2) is 5.78 Å². The maximum absolute atomic E-state index is 12.5. The second-order valence-corrected chi connectivity index (χ2v) is 6.52. The lowest BCUT2D eigenvalue weighted by Crippen LogP contribution is -2.09. The first-order valence-corrected chi connectivity index (χ1v) is 8.85. The average Bonchev–Trinajstić information content (AvgIpc) is 3.07. The molecule has 0 spiro atoms. The number of nitrogens with one attached hydrogen (secondary N) is 1. The van der Waals surface area contributed by atoms with Crippen LogP contribution in [0.1, 0.15) is 34.5 Å². The average molecular weight is 362 g/mol. The summed E-state index contributed by atoms with van der Waals surface area (Å²) in [5, 5.41) is 14.2. The highest BCUT2D eigenvalue weighted by molar-refractivity contribution is 6.06. The Morgan fingerprint density at radius 3 is 2.44 bits per heavy atom. The number of Topliss-reactive ketones (excluding diaryl/α,β-unsaturated/α-hetero) is 1. The minimum Gasteiger partial charge on any atom is -0.444 e. The summed E-state index contributed by atoms with van der Waals surface area (Å²) in [6, 6.07) is 16.1. The summed E-state index contributed by atoms with van der Waals surface area (Å²) >= 11 is 0. The van der Waals surface area contributed by atoms with Crippen molar-refractivity contribution in [2.45, 2.75) is 25.8 Å². The molecule has 0 fully saturated rings. The predicted molar refractivity (Wildman–Crippen MR) is 102 cm³/mol. The topological polar surface area (TPSA) is 85.4 Å². The number of anilines is 1. The third kappa shape index (κ3) is 3.33. The largest absolute Gasteiger partial charge is 0.444 e. The van der Waals surface area contributed by atoms with E-state index < -0.39 is 4.92 Å². The van der Waals surface area contributed by atoms with Crippen LogP contribution in [0.4, 0.5) is 11.6 Å². The molecule has 0 saturated heterocycles. The van der Waals surface area contributed by atoms with Gasteiger partial charge in [-0.3, -0.25) is 14.9 Å². The molecule has 6 nitrogen and oxygen atoms in total. The van der Waals surface area contributed by atoms with Crippen LogP contribution >= 0.6 is 0 Å². The highest BCUT2D eigenvalue weighted by Gasteiger charge is 2.29. The molecule has 2 aromatic carbocycles. The molecular formula is C21H18N2O4. The number of hydrogen-bond donors (Lipinski definition) is 1. The number of benzene rings is 2. The van der Waals surface area contributed by atoms with Crippen LogP contribution in [0.3, 0.4) is 0 Å². The van der Waals surface area contributed by atoms with Crippen LogP contribution < -0.4 is 5.32 Å². The molecular weight excluding hydrogens is 344 g/mol. The van der Waals surface area contributed by atoms with Gasteiger partial charge in [-0.1, -0.05) is 30.3 Å². The quantitative estimate of drug-likeness (QED) is 0.511. The van der Waals surface area contributed by atoms with Gasteiger partial charge in [0.25, 0.3) is 5.69 Å². The van der Waals surface area contributed by atoms with Gasteiger partial charge in [0, 0.05) is 31.5 Å². The summed E-state index contributed by atoms with van der Waals surface area (Å²) in [7, 11) is 0. The number of non-ortho nitro benzene ring substituents is 1. The van der Waals surface area contributed by atoms with Crippen LogP contribution in [0.25, 0.3) is 11.1 Å². The van der Waals surface area contributed by atoms with Crippen LogP contribution in [0.5, 0.6) is 0 Å². The maximum atomic E-state index is 12.5. The number of ketones is 1. The van der Waals surface area contributed by atoms with E-state index in [2.05, 4.69) is 5.32 Å². The molecule has 1 N–H and O–H groups in total. The van der Waals surface area contributed by atoms with Crippen LogP contribution in [0.2, 0.25) is 0 Å². The first-order chi connectivity index (χ1) is 13.1. The molecule has 3 aromatic rings. The molecule has 4 rings (SSSR count). The second kappa shape index (κ2) is 7.07. The summed E-state index contributed by atoms with van der Waals surface area (Å²) in [6.45, 7) is 0.557. The Hall–Kier alpha value is -3.41. The molecule has 0 saturated carbocycles. The Bertz CT molecular complexity index is 991. The van der Waals surface area contributed by atoms with Crippen molar-refractivity contribution in [3.63, 3.8) is 0 Å². The van der Waals surface area contributed by atoms with Gasteiger partial charge in [0.1, 0.15) is 5.76 Å². The van der Waals surface area contributed by atoms with Crippen molar-refractivity contribution in [1.29, 1.82) is 0 Å². The van der Waals surface area contributed by atoms with Gasteiger partial charge in [-0.2, -0.15) is 0 Å². The SMILES string of the molecule is O=C1CCCc2oc(NCc3ccccc3)c(-c3ccc([N+](=O)[O-])cc3)c21. The molecule has 1 aromatic heterocycles. The van der Waals surface area contributed by atoms with Crippen molar-refractivity contribution < 1.29 is 14.1 Å². The highest BCUT2D eigenvalue weighted by Crippen LogP contribution is 2.40. The van der Waals surface area contributed by atoms with Crippen LogP contribution in [0, 0.1) is 10.1 Å². The number of carbonyl (C=O) groups excluding carboxylic acids is 1. The minimum atomic E-state index is -0.436. The number of rotatable bonds is 5. The molecule has 1 heterocycles. The number of nitro groups is 1. The van der Waals surface area contributed by atoms with Crippen LogP contribution in [-0.2, 0) is 13.0 Å². The van der Waals surface area contributed by atoms with Crippen LogP contribution in [0.15, 0.2) is 59.0 Å². The zero-order valence-corrected chi connectivity index (χ0v) is 14.6. The Labute approximate surface area is 156 Å². The normalized spacial score (nSPS) is 13.3. The number of aryl methyl sites for hydroxylation is 1. The van der Waals surface area contributed by atoms with E-state index in [1.54, 1.807) is 12.1 Å². The second-order valence-electron chi connectivity index (χ2n) is 6.52. The number of furan rings is 1. The zero-order valence-electron chi connectivity index (χ0n) is 14.6. The van der Waals surface area contributed by atoms with E-state index in [0.29, 0.717) is 42.2 Å². The summed E-state index contributed by atoms with van der Waals surface area (Å²) in [4.78, 5) is 23.0. The van der Waals surface area contributed by atoms with Crippen molar-refractivity contribution in [2.75, 3.05) is 5.32 Å². The molecule has 0 atom stereocenters. The molecule has 0 aliphatic heterocycles. The number of carbonyl (C=O) groups is 1. The lowest BCUT2D eigenvalue weighted by molar-refractivity contribution is -0.384. The fraction of sp³-hybridized carbons (Fsp3) is 0.190. The number of fused-ring (bicyclic) bond motifs is 1. The molecule has 1 aliphatic carbocycles. The third-order valence-corrected chi connectivity index (χ3v) is 4.73. The van der Waals surface area contributed by atoms with Gasteiger partial charge in [-0.05, 0) is 29.7 Å². The maximum Gasteiger partial charge on any atom is 0.269 e.